The molecule has 1 aliphatic rings. The summed E-state index contributed by atoms with van der Waals surface area (Å²) in [7, 11) is 0. The zero-order valence-electron chi connectivity index (χ0n) is 11.8. The van der Waals surface area contributed by atoms with Gasteiger partial charge < -0.3 is 16.4 Å². The lowest BCUT2D eigenvalue weighted by Crippen LogP contribution is -2.35. The summed E-state index contributed by atoms with van der Waals surface area (Å²) >= 11 is 0. The second-order valence-electron chi connectivity index (χ2n) is 5.77. The third kappa shape index (κ3) is 3.33. The highest BCUT2D eigenvalue weighted by atomic mass is 16.1. The molecule has 1 aromatic rings. The number of aryl methyl sites for hydroxylation is 1. The van der Waals surface area contributed by atoms with Crippen molar-refractivity contribution in [1.29, 1.82) is 0 Å². The number of hydrogen-bond acceptors (Lipinski definition) is 3. The number of nitrogens with one attached hydrogen (secondary N) is 2. The number of carbonyl (C=O) groups is 1. The molecule has 104 valence electrons. The van der Waals surface area contributed by atoms with Crippen LogP contribution >= 0.6 is 0 Å². The maximum Gasteiger partial charge on any atom is 0.224 e. The van der Waals surface area contributed by atoms with Crippen LogP contribution in [0.4, 0.5) is 5.69 Å². The van der Waals surface area contributed by atoms with E-state index in [1.165, 1.54) is 11.1 Å². The van der Waals surface area contributed by atoms with Crippen molar-refractivity contribution in [2.24, 2.45) is 5.73 Å². The van der Waals surface area contributed by atoms with E-state index in [9.17, 15) is 4.79 Å². The van der Waals surface area contributed by atoms with E-state index in [2.05, 4.69) is 36.6 Å². The Morgan fingerprint density at radius 2 is 2.16 bits per heavy atom. The number of carbonyl (C=O) groups excluding carboxylic acids is 1. The Labute approximate surface area is 114 Å². The zero-order chi connectivity index (χ0) is 13.9. The standard InChI is InChI=1S/C15H23N3O/c1-15(2,10-17-8-7-16)12-4-5-13-11(9-12)3-6-14(19)18-13/h4-5,9,17H,3,6-8,10,16H2,1-2H3,(H,18,19). The van der Waals surface area contributed by atoms with Gasteiger partial charge in [0.25, 0.3) is 0 Å². The van der Waals surface area contributed by atoms with E-state index in [1.54, 1.807) is 0 Å². The van der Waals surface area contributed by atoms with Gasteiger partial charge in [0.15, 0.2) is 0 Å². The quantitative estimate of drug-likeness (QED) is 0.702. The molecule has 19 heavy (non-hydrogen) atoms. The summed E-state index contributed by atoms with van der Waals surface area (Å²) < 4.78 is 0. The lowest BCUT2D eigenvalue weighted by atomic mass is 9.82. The number of benzene rings is 1. The second-order valence-corrected chi connectivity index (χ2v) is 5.77. The number of nitrogens with two attached hydrogens (primary N) is 1. The van der Waals surface area contributed by atoms with Crippen molar-refractivity contribution in [2.45, 2.75) is 32.1 Å². The predicted octanol–water partition coefficient (Wildman–Crippen LogP) is 1.40. The van der Waals surface area contributed by atoms with Gasteiger partial charge in [-0.3, -0.25) is 4.79 Å². The van der Waals surface area contributed by atoms with Crippen LogP contribution in [0.2, 0.25) is 0 Å². The van der Waals surface area contributed by atoms with E-state index < -0.39 is 0 Å². The van der Waals surface area contributed by atoms with E-state index in [0.29, 0.717) is 13.0 Å². The molecule has 4 nitrogen and oxygen atoms in total. The topological polar surface area (TPSA) is 67.1 Å². The first kappa shape index (κ1) is 14.0. The van der Waals surface area contributed by atoms with Crippen LogP contribution < -0.4 is 16.4 Å². The van der Waals surface area contributed by atoms with Gasteiger partial charge in [-0.25, -0.2) is 0 Å². The van der Waals surface area contributed by atoms with Crippen molar-refractivity contribution in [2.75, 3.05) is 25.0 Å². The Morgan fingerprint density at radius 3 is 2.89 bits per heavy atom. The Kier molecular flexibility index (Phi) is 4.22. The van der Waals surface area contributed by atoms with Crippen LogP contribution in [0.15, 0.2) is 18.2 Å². The molecule has 0 fully saturated rings. The summed E-state index contributed by atoms with van der Waals surface area (Å²) in [5.74, 6) is 0.115. The molecule has 1 aromatic carbocycles. The Balaban J connectivity index is 2.14. The summed E-state index contributed by atoms with van der Waals surface area (Å²) in [5, 5.41) is 6.29. The molecule has 4 heteroatoms. The third-order valence-electron chi connectivity index (χ3n) is 3.67. The molecular formula is C15H23N3O. The average Bonchev–Trinajstić information content (AvgIpc) is 2.38. The third-order valence-corrected chi connectivity index (χ3v) is 3.67. The summed E-state index contributed by atoms with van der Waals surface area (Å²) in [6.07, 6.45) is 1.42. The van der Waals surface area contributed by atoms with E-state index >= 15 is 0 Å². The first-order valence-corrected chi connectivity index (χ1v) is 6.87. The molecule has 2 rings (SSSR count). The van der Waals surface area contributed by atoms with Crippen LogP contribution in [0.5, 0.6) is 0 Å². The molecule has 0 unspecified atom stereocenters. The number of rotatable bonds is 5. The minimum Gasteiger partial charge on any atom is -0.329 e. The number of amides is 1. The van der Waals surface area contributed by atoms with Crippen molar-refractivity contribution in [1.82, 2.24) is 5.32 Å². The molecule has 0 atom stereocenters. The van der Waals surface area contributed by atoms with Gasteiger partial charge >= 0.3 is 0 Å². The maximum absolute atomic E-state index is 11.3. The number of hydrogen-bond donors (Lipinski definition) is 3. The Hall–Kier alpha value is -1.39. The fourth-order valence-corrected chi connectivity index (χ4v) is 2.41. The highest BCUT2D eigenvalue weighted by molar-refractivity contribution is 5.93. The summed E-state index contributed by atoms with van der Waals surface area (Å²) in [4.78, 5) is 11.3. The van der Waals surface area contributed by atoms with Gasteiger partial charge in [0.1, 0.15) is 0 Å². The van der Waals surface area contributed by atoms with Crippen LogP contribution in [0.1, 0.15) is 31.4 Å². The predicted molar refractivity (Wildman–Crippen MR) is 78.3 cm³/mol. The van der Waals surface area contributed by atoms with Gasteiger partial charge in [0.2, 0.25) is 5.91 Å². The first-order chi connectivity index (χ1) is 9.03. The smallest absolute Gasteiger partial charge is 0.224 e. The fourth-order valence-electron chi connectivity index (χ4n) is 2.41. The van der Waals surface area contributed by atoms with Crippen molar-refractivity contribution in [3.05, 3.63) is 29.3 Å². The van der Waals surface area contributed by atoms with Crippen molar-refractivity contribution in [3.63, 3.8) is 0 Å². The first-order valence-electron chi connectivity index (χ1n) is 6.87. The highest BCUT2D eigenvalue weighted by Crippen LogP contribution is 2.29. The molecule has 0 saturated carbocycles. The fraction of sp³-hybridized carbons (Fsp3) is 0.533. The summed E-state index contributed by atoms with van der Waals surface area (Å²) in [6, 6.07) is 6.35. The minimum atomic E-state index is 0.0612. The molecule has 0 radical (unpaired) electrons. The zero-order valence-corrected chi connectivity index (χ0v) is 11.8. The van der Waals surface area contributed by atoms with E-state index in [1.807, 2.05) is 6.07 Å². The summed E-state index contributed by atoms with van der Waals surface area (Å²) in [6.45, 7) is 6.84. The molecule has 4 N–H and O–H groups in total. The molecule has 0 bridgehead atoms. The van der Waals surface area contributed by atoms with Gasteiger partial charge in [0, 0.05) is 37.2 Å². The van der Waals surface area contributed by atoms with Crippen molar-refractivity contribution < 1.29 is 4.79 Å². The molecule has 0 saturated heterocycles. The molecule has 1 heterocycles. The van der Waals surface area contributed by atoms with Gasteiger partial charge in [-0.2, -0.15) is 0 Å². The lowest BCUT2D eigenvalue weighted by Gasteiger charge is -2.28. The lowest BCUT2D eigenvalue weighted by molar-refractivity contribution is -0.116. The molecule has 0 spiro atoms. The van der Waals surface area contributed by atoms with Crippen LogP contribution in [0, 0.1) is 0 Å². The van der Waals surface area contributed by atoms with Gasteiger partial charge in [0.05, 0.1) is 0 Å². The monoisotopic (exact) mass is 261 g/mol. The van der Waals surface area contributed by atoms with Crippen LogP contribution in [-0.2, 0) is 16.6 Å². The van der Waals surface area contributed by atoms with Crippen LogP contribution in [0.3, 0.4) is 0 Å². The number of fused-ring (bicyclic) bond motifs is 1. The van der Waals surface area contributed by atoms with Crippen molar-refractivity contribution in [3.8, 4) is 0 Å². The minimum absolute atomic E-state index is 0.0612. The maximum atomic E-state index is 11.3. The molecule has 0 aromatic heterocycles. The molecule has 1 aliphatic heterocycles. The van der Waals surface area contributed by atoms with Crippen LogP contribution in [-0.4, -0.2) is 25.5 Å². The molecule has 1 amide bonds. The highest BCUT2D eigenvalue weighted by Gasteiger charge is 2.22. The summed E-state index contributed by atoms with van der Waals surface area (Å²) in [5.41, 5.74) is 9.06. The largest absolute Gasteiger partial charge is 0.329 e. The molecular weight excluding hydrogens is 238 g/mol. The van der Waals surface area contributed by atoms with Crippen LogP contribution in [0.25, 0.3) is 0 Å². The second kappa shape index (κ2) is 5.72. The van der Waals surface area contributed by atoms with Gasteiger partial charge in [-0.1, -0.05) is 26.0 Å². The Morgan fingerprint density at radius 1 is 1.37 bits per heavy atom. The van der Waals surface area contributed by atoms with Gasteiger partial charge in [-0.15, -0.1) is 0 Å². The van der Waals surface area contributed by atoms with E-state index in [-0.39, 0.29) is 11.3 Å². The Bertz CT molecular complexity index is 468. The van der Waals surface area contributed by atoms with Gasteiger partial charge in [-0.05, 0) is 23.6 Å². The number of anilines is 1. The SMILES string of the molecule is CC(C)(CNCCN)c1ccc2c(c1)CCC(=O)N2. The van der Waals surface area contributed by atoms with E-state index in [0.717, 1.165) is 25.2 Å². The average molecular weight is 261 g/mol. The normalized spacial score (nSPS) is 15.0. The van der Waals surface area contributed by atoms with Crippen molar-refractivity contribution >= 4 is 11.6 Å². The molecule has 0 aliphatic carbocycles. The van der Waals surface area contributed by atoms with E-state index in [4.69, 9.17) is 5.73 Å².